The fourth-order valence-electron chi connectivity index (χ4n) is 2.69. The van der Waals surface area contributed by atoms with E-state index in [1.165, 1.54) is 42.5 Å². The van der Waals surface area contributed by atoms with Crippen LogP contribution in [0.25, 0.3) is 0 Å². The van der Waals surface area contributed by atoms with Gasteiger partial charge in [-0.3, -0.25) is 0 Å². The van der Waals surface area contributed by atoms with E-state index >= 15 is 0 Å². The maximum atomic E-state index is 14.1. The molecule has 2 aromatic carbocycles. The molecule has 1 saturated heterocycles. The lowest BCUT2D eigenvalue weighted by molar-refractivity contribution is -0.435. The molecule has 31 heavy (non-hydrogen) atoms. The Morgan fingerprint density at radius 2 is 1.26 bits per heavy atom. The van der Waals surface area contributed by atoms with E-state index in [-0.39, 0.29) is 11.1 Å². The van der Waals surface area contributed by atoms with Crippen molar-refractivity contribution in [3.05, 3.63) is 71.8 Å². The van der Waals surface area contributed by atoms with Gasteiger partial charge < -0.3 is 14.2 Å². The standard InChI is InChI=1S/C20H14F6O5/c21-18(22)14(11-29-15(27)12-7-3-1-4-8-12)30-17(19(23,24)20(18,25)26)31-16(28)13-9-5-2-6-10-13/h1-10,14,17H,11H2/t14-,17+/m1/s1. The molecule has 0 saturated carbocycles. The summed E-state index contributed by atoms with van der Waals surface area (Å²) in [7, 11) is 0. The van der Waals surface area contributed by atoms with E-state index in [0.29, 0.717) is 0 Å². The van der Waals surface area contributed by atoms with Crippen LogP contribution in [0.1, 0.15) is 20.7 Å². The first-order chi connectivity index (χ1) is 14.5. The van der Waals surface area contributed by atoms with Crippen LogP contribution in [0.2, 0.25) is 0 Å². The Morgan fingerprint density at radius 1 is 0.774 bits per heavy atom. The molecular weight excluding hydrogens is 434 g/mol. The van der Waals surface area contributed by atoms with Gasteiger partial charge in [0.1, 0.15) is 6.61 Å². The molecule has 3 rings (SSSR count). The van der Waals surface area contributed by atoms with Crippen LogP contribution in [-0.4, -0.2) is 48.7 Å². The maximum absolute atomic E-state index is 14.1. The number of hydrogen-bond acceptors (Lipinski definition) is 5. The zero-order chi connectivity index (χ0) is 22.9. The number of hydrogen-bond donors (Lipinski definition) is 0. The van der Waals surface area contributed by atoms with Crippen LogP contribution in [0.4, 0.5) is 26.3 Å². The van der Waals surface area contributed by atoms with E-state index in [4.69, 9.17) is 0 Å². The average molecular weight is 448 g/mol. The van der Waals surface area contributed by atoms with Crippen molar-refractivity contribution in [3.63, 3.8) is 0 Å². The zero-order valence-corrected chi connectivity index (χ0v) is 15.4. The van der Waals surface area contributed by atoms with Gasteiger partial charge in [0.25, 0.3) is 6.29 Å². The monoisotopic (exact) mass is 448 g/mol. The minimum Gasteiger partial charge on any atom is -0.459 e. The fraction of sp³-hybridized carbons (Fsp3) is 0.300. The molecule has 0 bridgehead atoms. The van der Waals surface area contributed by atoms with Crippen molar-refractivity contribution in [2.75, 3.05) is 6.61 Å². The van der Waals surface area contributed by atoms with Crippen LogP contribution in [0, 0.1) is 0 Å². The first-order valence-electron chi connectivity index (χ1n) is 8.75. The van der Waals surface area contributed by atoms with E-state index in [1.54, 1.807) is 6.07 Å². The Balaban J connectivity index is 1.80. The number of ether oxygens (including phenoxy) is 3. The second-order valence-electron chi connectivity index (χ2n) is 6.51. The molecule has 0 radical (unpaired) electrons. The van der Waals surface area contributed by atoms with Gasteiger partial charge in [-0.1, -0.05) is 36.4 Å². The van der Waals surface area contributed by atoms with Crippen LogP contribution in [0.3, 0.4) is 0 Å². The highest BCUT2D eigenvalue weighted by molar-refractivity contribution is 5.89. The zero-order valence-electron chi connectivity index (χ0n) is 15.4. The largest absolute Gasteiger partial charge is 0.459 e. The average Bonchev–Trinajstić information content (AvgIpc) is 2.75. The number of alkyl halides is 6. The predicted octanol–water partition coefficient (Wildman–Crippen LogP) is 4.33. The molecule has 1 heterocycles. The summed E-state index contributed by atoms with van der Waals surface area (Å²) in [5, 5.41) is 0. The first-order valence-corrected chi connectivity index (χ1v) is 8.75. The topological polar surface area (TPSA) is 61.8 Å². The molecule has 0 aromatic heterocycles. The summed E-state index contributed by atoms with van der Waals surface area (Å²) >= 11 is 0. The molecule has 5 nitrogen and oxygen atoms in total. The van der Waals surface area contributed by atoms with Crippen molar-refractivity contribution in [3.8, 4) is 0 Å². The molecule has 11 heteroatoms. The van der Waals surface area contributed by atoms with Crippen LogP contribution < -0.4 is 0 Å². The molecule has 2 aromatic rings. The van der Waals surface area contributed by atoms with E-state index in [1.807, 2.05) is 0 Å². The molecule has 2 atom stereocenters. The van der Waals surface area contributed by atoms with Crippen LogP contribution in [0.15, 0.2) is 60.7 Å². The molecule has 1 fully saturated rings. The van der Waals surface area contributed by atoms with Crippen molar-refractivity contribution in [2.45, 2.75) is 30.2 Å². The highest BCUT2D eigenvalue weighted by Gasteiger charge is 2.82. The van der Waals surface area contributed by atoms with Gasteiger partial charge in [0, 0.05) is 0 Å². The lowest BCUT2D eigenvalue weighted by Gasteiger charge is -2.44. The molecule has 0 unspecified atom stereocenters. The molecule has 0 amide bonds. The van der Waals surface area contributed by atoms with Gasteiger partial charge in [-0.15, -0.1) is 0 Å². The Labute approximate surface area is 171 Å². The molecular formula is C20H14F6O5. The Hall–Kier alpha value is -3.08. The van der Waals surface area contributed by atoms with Crippen LogP contribution in [0.5, 0.6) is 0 Å². The smallest absolute Gasteiger partial charge is 0.381 e. The minimum absolute atomic E-state index is 0.0919. The third kappa shape index (κ3) is 4.09. The summed E-state index contributed by atoms with van der Waals surface area (Å²) in [6.07, 6.45) is -6.36. The maximum Gasteiger partial charge on any atom is 0.381 e. The number of rotatable bonds is 5. The summed E-state index contributed by atoms with van der Waals surface area (Å²) in [5.41, 5.74) is -0.389. The van der Waals surface area contributed by atoms with Crippen molar-refractivity contribution >= 4 is 11.9 Å². The summed E-state index contributed by atoms with van der Waals surface area (Å²) in [4.78, 5) is 23.9. The van der Waals surface area contributed by atoms with Crippen molar-refractivity contribution < 1.29 is 50.1 Å². The molecule has 0 aliphatic carbocycles. The van der Waals surface area contributed by atoms with Crippen molar-refractivity contribution in [1.29, 1.82) is 0 Å². The van der Waals surface area contributed by atoms with Crippen molar-refractivity contribution in [2.24, 2.45) is 0 Å². The summed E-state index contributed by atoms with van der Waals surface area (Å²) < 4.78 is 97.8. The Bertz CT molecular complexity index is 936. The van der Waals surface area contributed by atoms with E-state index in [9.17, 15) is 35.9 Å². The molecule has 166 valence electrons. The van der Waals surface area contributed by atoms with Crippen molar-refractivity contribution in [1.82, 2.24) is 0 Å². The summed E-state index contributed by atoms with van der Waals surface area (Å²) in [5.74, 6) is -19.6. The second-order valence-corrected chi connectivity index (χ2v) is 6.51. The Kier molecular flexibility index (Phi) is 5.99. The molecule has 1 aliphatic heterocycles. The lowest BCUT2D eigenvalue weighted by Crippen LogP contribution is -2.71. The third-order valence-corrected chi connectivity index (χ3v) is 4.42. The highest BCUT2D eigenvalue weighted by Crippen LogP contribution is 2.54. The first kappa shape index (κ1) is 22.6. The minimum atomic E-state index is -5.97. The highest BCUT2D eigenvalue weighted by atomic mass is 19.3. The van der Waals surface area contributed by atoms with Gasteiger partial charge in [0.2, 0.25) is 0 Å². The molecule has 0 N–H and O–H groups in total. The van der Waals surface area contributed by atoms with E-state index in [2.05, 4.69) is 14.2 Å². The second kappa shape index (κ2) is 8.22. The number of halogens is 6. The molecule has 1 aliphatic rings. The van der Waals surface area contributed by atoms with E-state index in [0.717, 1.165) is 12.1 Å². The Morgan fingerprint density at radius 3 is 1.77 bits per heavy atom. The van der Waals surface area contributed by atoms with Crippen LogP contribution >= 0.6 is 0 Å². The number of carbonyl (C=O) groups excluding carboxylic acids is 2. The quantitative estimate of drug-likeness (QED) is 0.504. The van der Waals surface area contributed by atoms with Gasteiger partial charge in [-0.2, -0.15) is 26.3 Å². The predicted molar refractivity (Wildman–Crippen MR) is 92.1 cm³/mol. The van der Waals surface area contributed by atoms with Crippen LogP contribution in [-0.2, 0) is 14.2 Å². The fourth-order valence-corrected chi connectivity index (χ4v) is 2.69. The molecule has 0 spiro atoms. The lowest BCUT2D eigenvalue weighted by atomic mass is 9.95. The summed E-state index contributed by atoms with van der Waals surface area (Å²) in [6.45, 7) is -1.49. The number of carbonyl (C=O) groups is 2. The number of esters is 2. The van der Waals surface area contributed by atoms with E-state index < -0.39 is 48.7 Å². The van der Waals surface area contributed by atoms with Gasteiger partial charge in [-0.05, 0) is 24.3 Å². The van der Waals surface area contributed by atoms with Gasteiger partial charge in [0.05, 0.1) is 11.1 Å². The third-order valence-electron chi connectivity index (χ3n) is 4.42. The summed E-state index contributed by atoms with van der Waals surface area (Å²) in [6, 6.07) is 13.3. The van der Waals surface area contributed by atoms with Gasteiger partial charge in [-0.25, -0.2) is 9.59 Å². The normalized spacial score (nSPS) is 23.5. The number of benzene rings is 2. The van der Waals surface area contributed by atoms with Gasteiger partial charge >= 0.3 is 29.7 Å². The van der Waals surface area contributed by atoms with Gasteiger partial charge in [0.15, 0.2) is 6.10 Å². The SMILES string of the molecule is O=C(OC[C@H]1O[C@@H](OC(=O)c2ccccc2)C(F)(F)C(F)(F)C1(F)F)c1ccccc1.